The van der Waals surface area contributed by atoms with Crippen LogP contribution in [0, 0.1) is 19.8 Å². The van der Waals surface area contributed by atoms with Crippen LogP contribution < -0.4 is 15.8 Å². The highest BCUT2D eigenvalue weighted by Gasteiger charge is 2.16. The number of rotatable bonds is 9. The Labute approximate surface area is 193 Å². The van der Waals surface area contributed by atoms with Crippen LogP contribution >= 0.6 is 11.8 Å². The number of hydrogen-bond donors (Lipinski definition) is 2. The minimum atomic E-state index is -0.121. The SMILES string of the molecule is CCN(CC)c1ccc(NC(=O)CSc2nc3cc(C)[nH]c3c(=O)n2CC(C)C)c(C)c1. The van der Waals surface area contributed by atoms with Crippen LogP contribution in [-0.2, 0) is 11.3 Å². The van der Waals surface area contributed by atoms with Crippen LogP contribution in [0.2, 0.25) is 0 Å². The van der Waals surface area contributed by atoms with Crippen molar-refractivity contribution in [1.29, 1.82) is 0 Å². The van der Waals surface area contributed by atoms with Crippen LogP contribution in [0.25, 0.3) is 11.0 Å². The lowest BCUT2D eigenvalue weighted by molar-refractivity contribution is -0.113. The summed E-state index contributed by atoms with van der Waals surface area (Å²) >= 11 is 1.29. The van der Waals surface area contributed by atoms with Gasteiger partial charge in [0.2, 0.25) is 5.91 Å². The molecule has 8 heteroatoms. The summed E-state index contributed by atoms with van der Waals surface area (Å²) in [7, 11) is 0. The normalized spacial score (nSPS) is 11.3. The maximum Gasteiger partial charge on any atom is 0.278 e. The van der Waals surface area contributed by atoms with Crippen LogP contribution in [0.1, 0.15) is 39.0 Å². The Morgan fingerprint density at radius 3 is 2.56 bits per heavy atom. The van der Waals surface area contributed by atoms with Crippen LogP contribution in [0.3, 0.4) is 0 Å². The summed E-state index contributed by atoms with van der Waals surface area (Å²) in [5, 5.41) is 3.57. The maximum absolute atomic E-state index is 13.0. The lowest BCUT2D eigenvalue weighted by atomic mass is 10.1. The topological polar surface area (TPSA) is 83.0 Å². The summed E-state index contributed by atoms with van der Waals surface area (Å²) in [5.74, 6) is 0.337. The van der Waals surface area contributed by atoms with Gasteiger partial charge >= 0.3 is 0 Å². The standard InChI is InChI=1S/C24H33N5O2S/c1-7-28(8-2)18-9-10-19(16(5)11-18)26-21(30)14-32-24-27-20-12-17(6)25-22(20)23(31)29(24)13-15(3)4/h9-12,15,25H,7-8,13-14H2,1-6H3,(H,26,30). The molecule has 0 radical (unpaired) electrons. The molecule has 172 valence electrons. The van der Waals surface area contributed by atoms with E-state index < -0.39 is 0 Å². The molecule has 0 aliphatic heterocycles. The lowest BCUT2D eigenvalue weighted by Crippen LogP contribution is -2.26. The smallest absolute Gasteiger partial charge is 0.278 e. The Morgan fingerprint density at radius 1 is 1.22 bits per heavy atom. The molecule has 2 heterocycles. The Kier molecular flexibility index (Phi) is 7.66. The second-order valence-corrected chi connectivity index (χ2v) is 9.37. The second-order valence-electron chi connectivity index (χ2n) is 8.42. The number of nitrogens with one attached hydrogen (secondary N) is 2. The quantitative estimate of drug-likeness (QED) is 0.365. The lowest BCUT2D eigenvalue weighted by Gasteiger charge is -2.22. The molecule has 3 rings (SSSR count). The summed E-state index contributed by atoms with van der Waals surface area (Å²) in [4.78, 5) is 35.7. The molecule has 7 nitrogen and oxygen atoms in total. The van der Waals surface area contributed by atoms with E-state index in [4.69, 9.17) is 0 Å². The maximum atomic E-state index is 13.0. The van der Waals surface area contributed by atoms with Crippen molar-refractivity contribution in [2.75, 3.05) is 29.1 Å². The minimum absolute atomic E-state index is 0.0949. The Hall–Kier alpha value is -2.74. The van der Waals surface area contributed by atoms with Gasteiger partial charge in [-0.1, -0.05) is 25.6 Å². The minimum Gasteiger partial charge on any atom is -0.372 e. The number of nitrogens with zero attached hydrogens (tertiary/aromatic N) is 3. The largest absolute Gasteiger partial charge is 0.372 e. The molecule has 0 bridgehead atoms. The van der Waals surface area contributed by atoms with E-state index in [-0.39, 0.29) is 23.1 Å². The van der Waals surface area contributed by atoms with Crippen molar-refractivity contribution >= 4 is 40.1 Å². The zero-order valence-electron chi connectivity index (χ0n) is 19.8. The van der Waals surface area contributed by atoms with Crippen molar-refractivity contribution in [3.8, 4) is 0 Å². The molecule has 0 saturated carbocycles. The summed E-state index contributed by atoms with van der Waals surface area (Å²) in [6, 6.07) is 7.95. The number of aromatic nitrogens is 3. The number of hydrogen-bond acceptors (Lipinski definition) is 5. The average Bonchev–Trinajstić information content (AvgIpc) is 3.12. The van der Waals surface area contributed by atoms with E-state index in [0.717, 1.165) is 35.7 Å². The number of benzene rings is 1. The fourth-order valence-corrected chi connectivity index (χ4v) is 4.55. The molecule has 0 aliphatic rings. The van der Waals surface area contributed by atoms with Gasteiger partial charge in [-0.05, 0) is 63.4 Å². The molecule has 32 heavy (non-hydrogen) atoms. The third kappa shape index (κ3) is 5.35. The Bertz CT molecular complexity index is 1160. The van der Waals surface area contributed by atoms with Gasteiger partial charge in [0.1, 0.15) is 5.52 Å². The van der Waals surface area contributed by atoms with Crippen molar-refractivity contribution in [2.24, 2.45) is 5.92 Å². The predicted molar refractivity (Wildman–Crippen MR) is 134 cm³/mol. The van der Waals surface area contributed by atoms with Gasteiger partial charge in [-0.3, -0.25) is 14.2 Å². The molecule has 3 aromatic rings. The zero-order chi connectivity index (χ0) is 23.4. The third-order valence-corrected chi connectivity index (χ3v) is 6.31. The Morgan fingerprint density at radius 2 is 1.94 bits per heavy atom. The molecule has 0 fully saturated rings. The molecule has 0 aliphatic carbocycles. The van der Waals surface area contributed by atoms with Crippen molar-refractivity contribution < 1.29 is 4.79 Å². The van der Waals surface area contributed by atoms with Crippen molar-refractivity contribution in [3.05, 3.63) is 45.9 Å². The average molecular weight is 456 g/mol. The van der Waals surface area contributed by atoms with E-state index in [1.165, 1.54) is 11.8 Å². The van der Waals surface area contributed by atoms with Gasteiger partial charge in [0.25, 0.3) is 5.56 Å². The second kappa shape index (κ2) is 10.3. The summed E-state index contributed by atoms with van der Waals surface area (Å²) in [6.07, 6.45) is 0. The first-order chi connectivity index (χ1) is 15.2. The van der Waals surface area contributed by atoms with Crippen LogP contribution in [0.4, 0.5) is 11.4 Å². The van der Waals surface area contributed by atoms with Gasteiger partial charge in [-0.25, -0.2) is 4.98 Å². The molecule has 0 unspecified atom stereocenters. The van der Waals surface area contributed by atoms with Gasteiger partial charge in [0, 0.05) is 36.7 Å². The number of aryl methyl sites for hydroxylation is 2. The van der Waals surface area contributed by atoms with Gasteiger partial charge in [-0.2, -0.15) is 0 Å². The van der Waals surface area contributed by atoms with Gasteiger partial charge in [-0.15, -0.1) is 0 Å². The molecule has 0 spiro atoms. The number of H-pyrrole nitrogens is 1. The predicted octanol–water partition coefficient (Wildman–Crippen LogP) is 4.57. The molecule has 1 aromatic carbocycles. The number of thioether (sulfide) groups is 1. The summed E-state index contributed by atoms with van der Waals surface area (Å²) in [6.45, 7) is 14.7. The first-order valence-corrected chi connectivity index (χ1v) is 12.1. The number of carbonyl (C=O) groups is 1. The highest BCUT2D eigenvalue weighted by Crippen LogP contribution is 2.24. The molecule has 0 saturated heterocycles. The molecule has 0 atom stereocenters. The van der Waals surface area contributed by atoms with E-state index >= 15 is 0 Å². The van der Waals surface area contributed by atoms with Crippen LogP contribution in [0.5, 0.6) is 0 Å². The number of fused-ring (bicyclic) bond motifs is 1. The van der Waals surface area contributed by atoms with Gasteiger partial charge in [0.05, 0.1) is 11.3 Å². The van der Waals surface area contributed by atoms with Gasteiger partial charge in [0.15, 0.2) is 5.16 Å². The van der Waals surface area contributed by atoms with Crippen LogP contribution in [0.15, 0.2) is 34.2 Å². The van der Waals surface area contributed by atoms with E-state index in [9.17, 15) is 9.59 Å². The van der Waals surface area contributed by atoms with E-state index in [0.29, 0.717) is 22.7 Å². The fourth-order valence-electron chi connectivity index (χ4n) is 3.74. The molecule has 2 aromatic heterocycles. The zero-order valence-corrected chi connectivity index (χ0v) is 20.6. The first kappa shape index (κ1) is 23.9. The van der Waals surface area contributed by atoms with E-state index in [1.54, 1.807) is 4.57 Å². The molecular weight excluding hydrogens is 422 g/mol. The number of carbonyl (C=O) groups excluding carboxylic acids is 1. The molecule has 2 N–H and O–H groups in total. The van der Waals surface area contributed by atoms with Crippen LogP contribution in [-0.4, -0.2) is 39.3 Å². The molecular formula is C24H33N5O2S. The van der Waals surface area contributed by atoms with E-state index in [1.807, 2.05) is 32.0 Å². The highest BCUT2D eigenvalue weighted by atomic mass is 32.2. The van der Waals surface area contributed by atoms with Gasteiger partial charge < -0.3 is 15.2 Å². The van der Waals surface area contributed by atoms with Crippen molar-refractivity contribution in [2.45, 2.75) is 53.2 Å². The monoisotopic (exact) mass is 455 g/mol. The molecule has 1 amide bonds. The van der Waals surface area contributed by atoms with Crippen molar-refractivity contribution in [3.63, 3.8) is 0 Å². The summed E-state index contributed by atoms with van der Waals surface area (Å²) < 4.78 is 1.67. The fraction of sp³-hybridized carbons (Fsp3) is 0.458. The highest BCUT2D eigenvalue weighted by molar-refractivity contribution is 7.99. The van der Waals surface area contributed by atoms with E-state index in [2.05, 4.69) is 53.9 Å². The summed E-state index contributed by atoms with van der Waals surface area (Å²) in [5.41, 5.74) is 4.92. The number of aromatic amines is 1. The first-order valence-electron chi connectivity index (χ1n) is 11.1. The van der Waals surface area contributed by atoms with Crippen molar-refractivity contribution in [1.82, 2.24) is 14.5 Å². The Balaban J connectivity index is 1.76. The third-order valence-electron chi connectivity index (χ3n) is 5.33. The number of anilines is 2. The number of amides is 1.